The molecule has 1 aliphatic rings. The summed E-state index contributed by atoms with van der Waals surface area (Å²) in [4.78, 5) is 0. The van der Waals surface area contributed by atoms with Crippen molar-refractivity contribution in [1.29, 1.82) is 0 Å². The summed E-state index contributed by atoms with van der Waals surface area (Å²) in [7, 11) is 0. The molecule has 3 heterocycles. The largest absolute Gasteiger partial charge is 0.377 e. The standard InChI is InChI=1S/C14H19N3O/c1-11-14(2,6-8-18-11)15-9-12-10-16-17-7-4-3-5-13(12)17/h3-5,7,10-11,15H,6,8-9H2,1-2H3. The summed E-state index contributed by atoms with van der Waals surface area (Å²) >= 11 is 0. The molecule has 4 nitrogen and oxygen atoms in total. The molecule has 0 saturated carbocycles. The molecule has 0 bridgehead atoms. The number of ether oxygens (including phenoxy) is 1. The van der Waals surface area contributed by atoms with Gasteiger partial charge in [0.2, 0.25) is 0 Å². The Balaban J connectivity index is 1.77. The van der Waals surface area contributed by atoms with E-state index < -0.39 is 0 Å². The van der Waals surface area contributed by atoms with Gasteiger partial charge in [-0.3, -0.25) is 0 Å². The predicted octanol–water partition coefficient (Wildman–Crippen LogP) is 1.99. The minimum absolute atomic E-state index is 0.0725. The van der Waals surface area contributed by atoms with Gasteiger partial charge in [-0.25, -0.2) is 4.52 Å². The molecule has 4 heteroatoms. The zero-order valence-corrected chi connectivity index (χ0v) is 10.9. The second-order valence-electron chi connectivity index (χ2n) is 5.23. The molecule has 1 aliphatic heterocycles. The molecule has 0 aliphatic carbocycles. The summed E-state index contributed by atoms with van der Waals surface area (Å²) in [5.41, 5.74) is 2.47. The summed E-state index contributed by atoms with van der Waals surface area (Å²) in [5, 5.41) is 7.98. The lowest BCUT2D eigenvalue weighted by Gasteiger charge is -2.28. The first-order valence-corrected chi connectivity index (χ1v) is 6.47. The highest BCUT2D eigenvalue weighted by molar-refractivity contribution is 5.53. The van der Waals surface area contributed by atoms with Crippen molar-refractivity contribution < 1.29 is 4.74 Å². The molecule has 96 valence electrons. The van der Waals surface area contributed by atoms with E-state index in [1.54, 1.807) is 0 Å². The Morgan fingerprint density at radius 3 is 3.22 bits per heavy atom. The quantitative estimate of drug-likeness (QED) is 0.898. The fourth-order valence-electron chi connectivity index (χ4n) is 2.49. The summed E-state index contributed by atoms with van der Waals surface area (Å²) in [6.45, 7) is 6.05. The Morgan fingerprint density at radius 2 is 2.44 bits per heavy atom. The summed E-state index contributed by atoms with van der Waals surface area (Å²) in [6.07, 6.45) is 5.24. The van der Waals surface area contributed by atoms with E-state index in [0.717, 1.165) is 19.6 Å². The number of fused-ring (bicyclic) bond motifs is 1. The van der Waals surface area contributed by atoms with Crippen LogP contribution < -0.4 is 5.32 Å². The smallest absolute Gasteiger partial charge is 0.0726 e. The van der Waals surface area contributed by atoms with E-state index in [1.165, 1.54) is 11.1 Å². The third-order valence-electron chi connectivity index (χ3n) is 4.08. The van der Waals surface area contributed by atoms with Gasteiger partial charge in [-0.2, -0.15) is 5.10 Å². The van der Waals surface area contributed by atoms with Crippen LogP contribution in [0.2, 0.25) is 0 Å². The Bertz CT molecular complexity index is 551. The van der Waals surface area contributed by atoms with Gasteiger partial charge in [-0.15, -0.1) is 0 Å². The Labute approximate surface area is 107 Å². The zero-order chi connectivity index (χ0) is 12.6. The summed E-state index contributed by atoms with van der Waals surface area (Å²) in [6, 6.07) is 6.13. The third-order valence-corrected chi connectivity index (χ3v) is 4.08. The molecule has 2 atom stereocenters. The molecule has 1 saturated heterocycles. The van der Waals surface area contributed by atoms with Gasteiger partial charge >= 0.3 is 0 Å². The van der Waals surface area contributed by atoms with Crippen LogP contribution in [0.3, 0.4) is 0 Å². The lowest BCUT2D eigenvalue weighted by atomic mass is 9.94. The molecule has 1 fully saturated rings. The van der Waals surface area contributed by atoms with E-state index in [0.29, 0.717) is 0 Å². The van der Waals surface area contributed by atoms with Crippen molar-refractivity contribution in [3.8, 4) is 0 Å². The number of hydrogen-bond donors (Lipinski definition) is 1. The molecule has 0 aromatic carbocycles. The second-order valence-corrected chi connectivity index (χ2v) is 5.23. The summed E-state index contributed by atoms with van der Waals surface area (Å²) in [5.74, 6) is 0. The van der Waals surface area contributed by atoms with Crippen LogP contribution in [0.25, 0.3) is 5.52 Å². The van der Waals surface area contributed by atoms with E-state index >= 15 is 0 Å². The molecule has 18 heavy (non-hydrogen) atoms. The van der Waals surface area contributed by atoms with Crippen molar-refractivity contribution in [3.05, 3.63) is 36.2 Å². The van der Waals surface area contributed by atoms with Gasteiger partial charge in [0.15, 0.2) is 0 Å². The average Bonchev–Trinajstić information content (AvgIpc) is 2.93. The fraction of sp³-hybridized carbons (Fsp3) is 0.500. The van der Waals surface area contributed by atoms with Crippen molar-refractivity contribution >= 4 is 5.52 Å². The van der Waals surface area contributed by atoms with Crippen LogP contribution in [0.15, 0.2) is 30.6 Å². The molecule has 0 radical (unpaired) electrons. The zero-order valence-electron chi connectivity index (χ0n) is 10.9. The van der Waals surface area contributed by atoms with Crippen molar-refractivity contribution in [1.82, 2.24) is 14.9 Å². The number of pyridine rings is 1. The van der Waals surface area contributed by atoms with Crippen LogP contribution in [0, 0.1) is 0 Å². The average molecular weight is 245 g/mol. The second kappa shape index (κ2) is 4.37. The normalized spacial score (nSPS) is 28.0. The topological polar surface area (TPSA) is 38.6 Å². The lowest BCUT2D eigenvalue weighted by Crippen LogP contribution is -2.47. The van der Waals surface area contributed by atoms with Crippen LogP contribution in [0.1, 0.15) is 25.8 Å². The number of nitrogens with zero attached hydrogens (tertiary/aromatic N) is 2. The monoisotopic (exact) mass is 245 g/mol. The molecule has 0 amide bonds. The van der Waals surface area contributed by atoms with Crippen LogP contribution >= 0.6 is 0 Å². The van der Waals surface area contributed by atoms with Gasteiger partial charge in [-0.05, 0) is 32.4 Å². The maximum atomic E-state index is 5.64. The predicted molar refractivity (Wildman–Crippen MR) is 70.5 cm³/mol. The number of rotatable bonds is 3. The lowest BCUT2D eigenvalue weighted by molar-refractivity contribution is 0.0882. The molecule has 2 aromatic rings. The van der Waals surface area contributed by atoms with E-state index in [2.05, 4.69) is 30.3 Å². The minimum atomic E-state index is 0.0725. The maximum absolute atomic E-state index is 5.64. The highest BCUT2D eigenvalue weighted by Crippen LogP contribution is 2.25. The summed E-state index contributed by atoms with van der Waals surface area (Å²) < 4.78 is 7.55. The van der Waals surface area contributed by atoms with Crippen molar-refractivity contribution in [2.75, 3.05) is 6.61 Å². The molecular formula is C14H19N3O. The van der Waals surface area contributed by atoms with E-state index in [4.69, 9.17) is 4.74 Å². The van der Waals surface area contributed by atoms with Crippen LogP contribution in [0.4, 0.5) is 0 Å². The van der Waals surface area contributed by atoms with Gasteiger partial charge in [0.25, 0.3) is 0 Å². The van der Waals surface area contributed by atoms with Crippen molar-refractivity contribution in [3.63, 3.8) is 0 Å². The van der Waals surface area contributed by atoms with E-state index in [9.17, 15) is 0 Å². The van der Waals surface area contributed by atoms with Gasteiger partial charge in [0, 0.05) is 30.5 Å². The minimum Gasteiger partial charge on any atom is -0.377 e. The number of aromatic nitrogens is 2. The maximum Gasteiger partial charge on any atom is 0.0726 e. The van der Waals surface area contributed by atoms with E-state index in [-0.39, 0.29) is 11.6 Å². The number of nitrogens with one attached hydrogen (secondary N) is 1. The third kappa shape index (κ3) is 1.91. The molecular weight excluding hydrogens is 226 g/mol. The van der Waals surface area contributed by atoms with Gasteiger partial charge in [0.1, 0.15) is 0 Å². The van der Waals surface area contributed by atoms with Gasteiger partial charge in [-0.1, -0.05) is 6.07 Å². The first-order chi connectivity index (χ1) is 8.69. The molecule has 2 aromatic heterocycles. The fourth-order valence-corrected chi connectivity index (χ4v) is 2.49. The molecule has 3 rings (SSSR count). The van der Waals surface area contributed by atoms with Crippen LogP contribution in [0.5, 0.6) is 0 Å². The Kier molecular flexibility index (Phi) is 2.84. The first kappa shape index (κ1) is 11.7. The van der Waals surface area contributed by atoms with Crippen LogP contribution in [-0.4, -0.2) is 27.9 Å². The highest BCUT2D eigenvalue weighted by atomic mass is 16.5. The SMILES string of the molecule is CC1OCCC1(C)NCc1cnn2ccccc12. The molecule has 1 N–H and O–H groups in total. The van der Waals surface area contributed by atoms with Gasteiger partial charge < -0.3 is 10.1 Å². The highest BCUT2D eigenvalue weighted by Gasteiger charge is 2.36. The van der Waals surface area contributed by atoms with Gasteiger partial charge in [0.05, 0.1) is 17.8 Å². The molecule has 0 spiro atoms. The van der Waals surface area contributed by atoms with Crippen molar-refractivity contribution in [2.24, 2.45) is 0 Å². The Hall–Kier alpha value is -1.39. The first-order valence-electron chi connectivity index (χ1n) is 6.47. The number of hydrogen-bond acceptors (Lipinski definition) is 3. The molecule has 2 unspecified atom stereocenters. The van der Waals surface area contributed by atoms with Crippen LogP contribution in [-0.2, 0) is 11.3 Å². The Morgan fingerprint density at radius 1 is 1.56 bits per heavy atom. The van der Waals surface area contributed by atoms with E-state index in [1.807, 2.05) is 29.0 Å². The van der Waals surface area contributed by atoms with Crippen molar-refractivity contribution in [2.45, 2.75) is 38.5 Å².